The number of amides is 2. The van der Waals surface area contributed by atoms with E-state index in [0.717, 1.165) is 12.2 Å². The minimum atomic E-state index is -0.703. The Morgan fingerprint density at radius 3 is 2.52 bits per heavy atom. The Morgan fingerprint density at radius 1 is 1.04 bits per heavy atom. The zero-order valence-electron chi connectivity index (χ0n) is 13.5. The number of primary amides is 1. The maximum atomic E-state index is 12.2. The van der Waals surface area contributed by atoms with Crippen LogP contribution in [0.2, 0.25) is 0 Å². The number of anilines is 1. The second-order valence-electron chi connectivity index (χ2n) is 5.48. The molecule has 0 saturated heterocycles. The van der Waals surface area contributed by atoms with Gasteiger partial charge in [-0.2, -0.15) is 0 Å². The molecule has 0 saturated carbocycles. The fourth-order valence-corrected chi connectivity index (χ4v) is 3.36. The molecule has 0 aliphatic carbocycles. The van der Waals surface area contributed by atoms with Gasteiger partial charge in [0.2, 0.25) is 11.7 Å². The van der Waals surface area contributed by atoms with Gasteiger partial charge in [-0.25, -0.2) is 0 Å². The van der Waals surface area contributed by atoms with Gasteiger partial charge in [-0.1, -0.05) is 30.3 Å². The Bertz CT molecular complexity index is 890. The smallest absolute Gasteiger partial charge is 0.286 e. The molecule has 0 spiro atoms. The monoisotopic (exact) mass is 354 g/mol. The number of thioether (sulfide) groups is 1. The fourth-order valence-electron chi connectivity index (χ4n) is 2.48. The minimum absolute atomic E-state index is 0.0202. The van der Waals surface area contributed by atoms with Gasteiger partial charge in [-0.05, 0) is 36.4 Å². The van der Waals surface area contributed by atoms with Crippen molar-refractivity contribution in [2.45, 2.75) is 17.7 Å². The molecule has 25 heavy (non-hydrogen) atoms. The highest BCUT2D eigenvalue weighted by molar-refractivity contribution is 7.99. The van der Waals surface area contributed by atoms with Crippen LogP contribution in [-0.4, -0.2) is 17.6 Å². The Labute approximate surface area is 149 Å². The average molecular weight is 354 g/mol. The lowest BCUT2D eigenvalue weighted by atomic mass is 10.2. The van der Waals surface area contributed by atoms with Crippen molar-refractivity contribution in [3.63, 3.8) is 0 Å². The molecule has 2 aromatic carbocycles. The number of nitrogens with one attached hydrogen (secondary N) is 1. The molecule has 3 rings (SSSR count). The summed E-state index contributed by atoms with van der Waals surface area (Å²) in [6.07, 6.45) is 1.09. The number of rotatable bonds is 7. The van der Waals surface area contributed by atoms with Gasteiger partial charge in [0.15, 0.2) is 0 Å². The highest BCUT2D eigenvalue weighted by atomic mass is 32.2. The summed E-state index contributed by atoms with van der Waals surface area (Å²) in [5.41, 5.74) is 6.22. The van der Waals surface area contributed by atoms with E-state index >= 15 is 0 Å². The van der Waals surface area contributed by atoms with Crippen molar-refractivity contribution in [2.75, 3.05) is 11.1 Å². The number of hydrogen-bond acceptors (Lipinski definition) is 4. The van der Waals surface area contributed by atoms with Crippen LogP contribution >= 0.6 is 11.8 Å². The molecule has 0 fully saturated rings. The largest absolute Gasteiger partial charge is 0.449 e. The van der Waals surface area contributed by atoms with Crippen LogP contribution < -0.4 is 11.1 Å². The number of benzene rings is 2. The number of carbonyl (C=O) groups excluding carboxylic acids is 2. The summed E-state index contributed by atoms with van der Waals surface area (Å²) in [7, 11) is 0. The summed E-state index contributed by atoms with van der Waals surface area (Å²) < 4.78 is 5.45. The number of fused-ring (bicyclic) bond motifs is 1. The molecule has 0 radical (unpaired) electrons. The van der Waals surface area contributed by atoms with Gasteiger partial charge < -0.3 is 15.5 Å². The first-order chi connectivity index (χ1) is 12.1. The van der Waals surface area contributed by atoms with Gasteiger partial charge >= 0.3 is 0 Å². The molecule has 2 amide bonds. The summed E-state index contributed by atoms with van der Waals surface area (Å²) in [5.74, 6) is -0.0475. The number of carbonyl (C=O) groups is 2. The molecule has 0 bridgehead atoms. The molecule has 1 aromatic heterocycles. The van der Waals surface area contributed by atoms with Crippen LogP contribution in [0.4, 0.5) is 5.69 Å². The maximum Gasteiger partial charge on any atom is 0.286 e. The highest BCUT2D eigenvalue weighted by Gasteiger charge is 2.19. The van der Waals surface area contributed by atoms with Crippen molar-refractivity contribution in [3.8, 4) is 0 Å². The number of nitrogens with two attached hydrogens (primary N) is 1. The predicted molar refractivity (Wildman–Crippen MR) is 99.8 cm³/mol. The first-order valence-corrected chi connectivity index (χ1v) is 8.93. The number of para-hydroxylation sites is 1. The van der Waals surface area contributed by atoms with Crippen LogP contribution in [0, 0.1) is 0 Å². The molecule has 3 aromatic rings. The second kappa shape index (κ2) is 7.90. The summed E-state index contributed by atoms with van der Waals surface area (Å²) in [6, 6.07) is 17.2. The third-order valence-electron chi connectivity index (χ3n) is 3.64. The molecule has 6 heteroatoms. The lowest BCUT2D eigenvalue weighted by Gasteiger charge is -2.05. The number of furan rings is 1. The van der Waals surface area contributed by atoms with E-state index in [-0.39, 0.29) is 11.7 Å². The Morgan fingerprint density at radius 2 is 1.76 bits per heavy atom. The van der Waals surface area contributed by atoms with Crippen LogP contribution in [-0.2, 0) is 4.79 Å². The zero-order chi connectivity index (χ0) is 17.6. The standard InChI is InChI=1S/C19H18N2O3S/c20-19(23)18-17(14-9-4-5-10-15(14)24-18)21-16(22)11-6-12-25-13-7-2-1-3-8-13/h1-5,7-10H,6,11-12H2,(H2,20,23)(H,21,22). The normalized spacial score (nSPS) is 10.7. The predicted octanol–water partition coefficient (Wildman–Crippen LogP) is 4.04. The topological polar surface area (TPSA) is 85.3 Å². The van der Waals surface area contributed by atoms with E-state index in [4.69, 9.17) is 10.2 Å². The molecular weight excluding hydrogens is 336 g/mol. The van der Waals surface area contributed by atoms with Crippen molar-refractivity contribution in [1.29, 1.82) is 0 Å². The molecule has 1 heterocycles. The maximum absolute atomic E-state index is 12.2. The molecule has 0 unspecified atom stereocenters. The quantitative estimate of drug-likeness (QED) is 0.495. The molecular formula is C19H18N2O3S. The third-order valence-corrected chi connectivity index (χ3v) is 4.74. The molecule has 3 N–H and O–H groups in total. The summed E-state index contributed by atoms with van der Waals surface area (Å²) in [4.78, 5) is 25.0. The first-order valence-electron chi connectivity index (χ1n) is 7.94. The summed E-state index contributed by atoms with van der Waals surface area (Å²) in [5, 5.41) is 3.44. The number of hydrogen-bond donors (Lipinski definition) is 2. The molecule has 0 aliphatic rings. The van der Waals surface area contributed by atoms with Gasteiger partial charge in [0.05, 0.1) is 0 Å². The Balaban J connectivity index is 1.60. The van der Waals surface area contributed by atoms with E-state index < -0.39 is 5.91 Å². The highest BCUT2D eigenvalue weighted by Crippen LogP contribution is 2.30. The van der Waals surface area contributed by atoms with Crippen LogP contribution in [0.15, 0.2) is 63.9 Å². The minimum Gasteiger partial charge on any atom is -0.449 e. The van der Waals surface area contributed by atoms with Crippen LogP contribution in [0.3, 0.4) is 0 Å². The van der Waals surface area contributed by atoms with E-state index in [9.17, 15) is 9.59 Å². The Hall–Kier alpha value is -2.73. The van der Waals surface area contributed by atoms with Gasteiger partial charge in [0.1, 0.15) is 11.3 Å². The second-order valence-corrected chi connectivity index (χ2v) is 6.65. The fraction of sp³-hybridized carbons (Fsp3) is 0.158. The van der Waals surface area contributed by atoms with Gasteiger partial charge in [0.25, 0.3) is 5.91 Å². The summed E-state index contributed by atoms with van der Waals surface area (Å²) >= 11 is 1.71. The van der Waals surface area contributed by atoms with E-state index in [1.54, 1.807) is 30.0 Å². The van der Waals surface area contributed by atoms with Crippen molar-refractivity contribution in [3.05, 3.63) is 60.4 Å². The third kappa shape index (κ3) is 4.22. The van der Waals surface area contributed by atoms with Crippen molar-refractivity contribution in [2.24, 2.45) is 5.73 Å². The van der Waals surface area contributed by atoms with Gasteiger partial charge in [0, 0.05) is 16.7 Å². The average Bonchev–Trinajstić information content (AvgIpc) is 2.99. The van der Waals surface area contributed by atoms with E-state index in [0.29, 0.717) is 23.1 Å². The van der Waals surface area contributed by atoms with Crippen molar-refractivity contribution < 1.29 is 14.0 Å². The van der Waals surface area contributed by atoms with Gasteiger partial charge in [-0.15, -0.1) is 11.8 Å². The SMILES string of the molecule is NC(=O)c1oc2ccccc2c1NC(=O)CCCSc1ccccc1. The van der Waals surface area contributed by atoms with Crippen molar-refractivity contribution in [1.82, 2.24) is 0 Å². The Kier molecular flexibility index (Phi) is 5.40. The van der Waals surface area contributed by atoms with Crippen LogP contribution in [0.5, 0.6) is 0 Å². The zero-order valence-corrected chi connectivity index (χ0v) is 14.3. The first kappa shape index (κ1) is 17.1. The van der Waals surface area contributed by atoms with Crippen LogP contribution in [0.1, 0.15) is 23.4 Å². The van der Waals surface area contributed by atoms with E-state index in [2.05, 4.69) is 5.32 Å². The van der Waals surface area contributed by atoms with E-state index in [1.165, 1.54) is 4.90 Å². The lowest BCUT2D eigenvalue weighted by molar-refractivity contribution is -0.116. The lowest BCUT2D eigenvalue weighted by Crippen LogP contribution is -2.16. The van der Waals surface area contributed by atoms with Crippen molar-refractivity contribution >= 4 is 40.2 Å². The van der Waals surface area contributed by atoms with Gasteiger partial charge in [-0.3, -0.25) is 9.59 Å². The molecule has 5 nitrogen and oxygen atoms in total. The summed E-state index contributed by atoms with van der Waals surface area (Å²) in [6.45, 7) is 0. The van der Waals surface area contributed by atoms with Crippen LogP contribution in [0.25, 0.3) is 11.0 Å². The van der Waals surface area contributed by atoms with E-state index in [1.807, 2.05) is 36.4 Å². The molecule has 128 valence electrons. The molecule has 0 atom stereocenters. The molecule has 0 aliphatic heterocycles.